The Bertz CT molecular complexity index is 184. The molecular weight excluding hydrogens is 315 g/mol. The van der Waals surface area contributed by atoms with Crippen LogP contribution in [0.3, 0.4) is 0 Å². The summed E-state index contributed by atoms with van der Waals surface area (Å²) < 4.78 is 5.63. The van der Waals surface area contributed by atoms with Gasteiger partial charge in [-0.05, 0) is 0 Å². The Balaban J connectivity index is 5.30. The molecule has 2 nitrogen and oxygen atoms in total. The van der Waals surface area contributed by atoms with Gasteiger partial charge in [0.25, 0.3) is 0 Å². The van der Waals surface area contributed by atoms with Crippen molar-refractivity contribution in [3.05, 3.63) is 0 Å². The van der Waals surface area contributed by atoms with Gasteiger partial charge in [0.15, 0.2) is 0 Å². The van der Waals surface area contributed by atoms with Crippen molar-refractivity contribution in [1.82, 2.24) is 6.24 Å². The van der Waals surface area contributed by atoms with Crippen LogP contribution >= 0.6 is 0 Å². The monoisotopic (exact) mass is 350 g/mol. The molecule has 17 heavy (non-hydrogen) atoms. The Hall–Kier alpha value is 0.719. The summed E-state index contributed by atoms with van der Waals surface area (Å²) in [6.07, 6.45) is 0. The zero-order valence-corrected chi connectivity index (χ0v) is 16.6. The van der Waals surface area contributed by atoms with Crippen LogP contribution in [-0.2, 0) is 0 Å². The van der Waals surface area contributed by atoms with Gasteiger partial charge in [-0.2, -0.15) is 0 Å². The molecule has 0 amide bonds. The molecule has 0 atom stereocenters. The summed E-state index contributed by atoms with van der Waals surface area (Å²) in [5, 5.41) is 0. The summed E-state index contributed by atoms with van der Waals surface area (Å²) in [4.78, 5) is 5.13. The molecule has 0 aliphatic rings. The Labute approximate surface area is 114 Å². The van der Waals surface area contributed by atoms with E-state index in [1.54, 1.807) is 0 Å². The van der Waals surface area contributed by atoms with Crippen molar-refractivity contribution in [3.8, 4) is 0 Å². The normalized spacial score (nSPS) is 14.1. The van der Waals surface area contributed by atoms with Gasteiger partial charge in [0.1, 0.15) is 0 Å². The average molecular weight is 349 g/mol. The van der Waals surface area contributed by atoms with E-state index in [0.717, 1.165) is 0 Å². The van der Waals surface area contributed by atoms with Crippen LogP contribution in [0, 0.1) is 0 Å². The van der Waals surface area contributed by atoms with Crippen LogP contribution in [0.15, 0.2) is 0 Å². The van der Waals surface area contributed by atoms with Gasteiger partial charge < -0.3 is 0 Å². The molecule has 0 fully saturated rings. The molecule has 0 aliphatic heterocycles. The molecule has 0 bridgehead atoms. The molecular formula is C14H34N2Sn. The first-order chi connectivity index (χ1) is 7.53. The molecule has 104 valence electrons. The molecule has 0 heterocycles. The number of hydrogen-bond donors (Lipinski definition) is 0. The minimum atomic E-state index is -2.39. The third kappa shape index (κ3) is 4.39. The zero-order valence-electron chi connectivity index (χ0n) is 13.7. The van der Waals surface area contributed by atoms with Crippen molar-refractivity contribution in [3.63, 3.8) is 0 Å². The average Bonchev–Trinajstić information content (AvgIpc) is 1.96. The second-order valence-corrected chi connectivity index (χ2v) is 18.2. The second-order valence-electron chi connectivity index (χ2n) is 6.68. The van der Waals surface area contributed by atoms with E-state index < -0.39 is 18.9 Å². The Morgan fingerprint density at radius 2 is 0.706 bits per heavy atom. The van der Waals surface area contributed by atoms with Crippen molar-refractivity contribution in [2.75, 3.05) is 0 Å². The third-order valence-corrected chi connectivity index (χ3v) is 16.6. The van der Waals surface area contributed by atoms with Crippen LogP contribution in [0.5, 0.6) is 0 Å². The van der Waals surface area contributed by atoms with E-state index in [4.69, 9.17) is 0 Å². The van der Waals surface area contributed by atoms with Crippen molar-refractivity contribution in [1.29, 1.82) is 0 Å². The molecule has 0 aliphatic carbocycles. The summed E-state index contributed by atoms with van der Waals surface area (Å²) >= 11 is -2.39. The molecule has 0 N–H and O–H groups in total. The SMILES string of the molecule is CC(C)[N](C(C)C)[Sn]([CH3])([CH3])[N](C(C)C)C(C)C. The Morgan fingerprint density at radius 1 is 0.529 bits per heavy atom. The van der Waals surface area contributed by atoms with Gasteiger partial charge in [-0.1, -0.05) is 0 Å². The van der Waals surface area contributed by atoms with Crippen LogP contribution in [0.4, 0.5) is 0 Å². The van der Waals surface area contributed by atoms with Gasteiger partial charge in [0.2, 0.25) is 0 Å². The number of rotatable bonds is 6. The minimum absolute atomic E-state index is 0.654. The second kappa shape index (κ2) is 6.76. The maximum atomic E-state index is 2.81. The standard InChI is InChI=1S/2C6H14N.2CH3.Sn/c2*1-5(2)7-6(3)4;;;/h2*5-6H,1-4H3;2*1H3;/q2*-1;;;+2. The molecule has 0 saturated heterocycles. The molecule has 0 aromatic carbocycles. The maximum absolute atomic E-state index is 2.81. The van der Waals surface area contributed by atoms with Crippen LogP contribution < -0.4 is 0 Å². The van der Waals surface area contributed by atoms with E-state index in [9.17, 15) is 0 Å². The van der Waals surface area contributed by atoms with Gasteiger partial charge >= 0.3 is 115 Å². The van der Waals surface area contributed by atoms with Gasteiger partial charge in [-0.15, -0.1) is 0 Å². The van der Waals surface area contributed by atoms with Crippen molar-refractivity contribution >= 4 is 18.9 Å². The summed E-state index contributed by atoms with van der Waals surface area (Å²) in [5.74, 6) is 0. The fourth-order valence-electron chi connectivity index (χ4n) is 3.85. The molecule has 0 aromatic heterocycles. The van der Waals surface area contributed by atoms with Gasteiger partial charge in [-0.3, -0.25) is 0 Å². The Kier molecular flexibility index (Phi) is 7.05. The van der Waals surface area contributed by atoms with E-state index in [2.05, 4.69) is 71.5 Å². The molecule has 0 aromatic rings. The van der Waals surface area contributed by atoms with Crippen molar-refractivity contribution in [2.24, 2.45) is 0 Å². The van der Waals surface area contributed by atoms with E-state index >= 15 is 0 Å². The molecule has 3 heteroatoms. The summed E-state index contributed by atoms with van der Waals surface area (Å²) in [7, 11) is 0. The van der Waals surface area contributed by atoms with Crippen LogP contribution in [0.2, 0.25) is 9.88 Å². The topological polar surface area (TPSA) is 6.48 Å². The number of nitrogens with zero attached hydrogens (tertiary/aromatic N) is 2. The first-order valence-corrected chi connectivity index (χ1v) is 15.4. The first kappa shape index (κ1) is 17.7. The van der Waals surface area contributed by atoms with Gasteiger partial charge in [0, 0.05) is 0 Å². The van der Waals surface area contributed by atoms with E-state index in [1.807, 2.05) is 0 Å². The first-order valence-electron chi connectivity index (χ1n) is 7.10. The van der Waals surface area contributed by atoms with Crippen LogP contribution in [0.25, 0.3) is 0 Å². The van der Waals surface area contributed by atoms with Crippen molar-refractivity contribution < 1.29 is 0 Å². The van der Waals surface area contributed by atoms with Gasteiger partial charge in [-0.25, -0.2) is 0 Å². The summed E-state index contributed by atoms with van der Waals surface area (Å²) in [6.45, 7) is 18.8. The zero-order chi connectivity index (χ0) is 14.0. The molecule has 0 rings (SSSR count). The van der Waals surface area contributed by atoms with Crippen LogP contribution in [0.1, 0.15) is 55.4 Å². The third-order valence-electron chi connectivity index (χ3n) is 3.49. The van der Waals surface area contributed by atoms with E-state index in [-0.39, 0.29) is 0 Å². The quantitative estimate of drug-likeness (QED) is 0.671. The Morgan fingerprint density at radius 3 is 0.824 bits per heavy atom. The molecule has 0 spiro atoms. The predicted octanol–water partition coefficient (Wildman–Crippen LogP) is 3.93. The predicted molar refractivity (Wildman–Crippen MR) is 81.7 cm³/mol. The summed E-state index contributed by atoms with van der Waals surface area (Å²) in [5.41, 5.74) is 0. The fourth-order valence-corrected chi connectivity index (χ4v) is 19.0. The number of hydrogen-bond acceptors (Lipinski definition) is 2. The van der Waals surface area contributed by atoms with E-state index in [0.29, 0.717) is 24.2 Å². The summed E-state index contributed by atoms with van der Waals surface area (Å²) in [6, 6.07) is 2.61. The van der Waals surface area contributed by atoms with Crippen LogP contribution in [-0.4, -0.2) is 49.3 Å². The van der Waals surface area contributed by atoms with E-state index in [1.165, 1.54) is 0 Å². The van der Waals surface area contributed by atoms with Gasteiger partial charge in [0.05, 0.1) is 0 Å². The molecule has 0 radical (unpaired) electrons. The van der Waals surface area contributed by atoms with Crippen molar-refractivity contribution in [2.45, 2.75) is 89.4 Å². The fraction of sp³-hybridized carbons (Fsp3) is 1.00. The molecule has 0 saturated carbocycles. The molecule has 0 unspecified atom stereocenters.